The SMILES string of the molecule is OC[C@H]1O[C@H](/N=C2/N[C@@H]3[C@@H](O)[C@H](O)[C@@H](O)[C@@H]3O2)[C@H](O)[C@@H](O)[C@@H]1O. The second-order valence-corrected chi connectivity index (χ2v) is 5.88. The van der Waals surface area contributed by atoms with Crippen molar-refractivity contribution in [3.8, 4) is 0 Å². The topological polar surface area (TPSA) is 184 Å². The van der Waals surface area contributed by atoms with Crippen LogP contribution in [-0.4, -0.2) is 109 Å². The van der Waals surface area contributed by atoms with E-state index in [2.05, 4.69) is 10.3 Å². The number of rotatable bonds is 2. The summed E-state index contributed by atoms with van der Waals surface area (Å²) < 4.78 is 10.5. The molecular formula is C12H20N2O9. The van der Waals surface area contributed by atoms with Crippen LogP contribution in [0.2, 0.25) is 0 Å². The van der Waals surface area contributed by atoms with Gasteiger partial charge in [0.2, 0.25) is 0 Å². The highest BCUT2D eigenvalue weighted by Crippen LogP contribution is 2.29. The van der Waals surface area contributed by atoms with Crippen molar-refractivity contribution in [2.45, 2.75) is 61.1 Å². The predicted octanol–water partition coefficient (Wildman–Crippen LogP) is -5.40. The molecule has 0 unspecified atom stereocenters. The zero-order chi connectivity index (χ0) is 16.9. The van der Waals surface area contributed by atoms with Gasteiger partial charge < -0.3 is 50.5 Å². The minimum Gasteiger partial charge on any atom is -0.457 e. The fourth-order valence-corrected chi connectivity index (χ4v) is 3.00. The van der Waals surface area contributed by atoms with Crippen LogP contribution in [0.3, 0.4) is 0 Å². The second-order valence-electron chi connectivity index (χ2n) is 5.88. The van der Waals surface area contributed by atoms with Crippen LogP contribution in [0.5, 0.6) is 0 Å². The predicted molar refractivity (Wildman–Crippen MR) is 71.0 cm³/mol. The van der Waals surface area contributed by atoms with Crippen molar-refractivity contribution in [2.24, 2.45) is 4.99 Å². The van der Waals surface area contributed by atoms with Crippen molar-refractivity contribution in [1.82, 2.24) is 5.32 Å². The molecule has 0 bridgehead atoms. The molecule has 3 fully saturated rings. The number of aliphatic hydroxyl groups is 7. The summed E-state index contributed by atoms with van der Waals surface area (Å²) >= 11 is 0. The van der Waals surface area contributed by atoms with E-state index in [-0.39, 0.29) is 6.02 Å². The standard InChI is InChI=1S/C12H20N2O9/c15-1-2-4(16)6(18)9(21)11(22-2)14-12-13-3-5(17)7(19)8(20)10(3)23-12/h2-11,15-21H,1H2,(H,13,14)/t2-,3-,4-,5-,6+,7+,8-,9-,10-,11+/m1/s1. The van der Waals surface area contributed by atoms with E-state index in [4.69, 9.17) is 14.6 Å². The van der Waals surface area contributed by atoms with E-state index in [1.807, 2.05) is 0 Å². The largest absolute Gasteiger partial charge is 0.457 e. The summed E-state index contributed by atoms with van der Waals surface area (Å²) in [5.41, 5.74) is 0. The molecule has 11 nitrogen and oxygen atoms in total. The molecule has 0 aromatic heterocycles. The van der Waals surface area contributed by atoms with Gasteiger partial charge in [0, 0.05) is 0 Å². The van der Waals surface area contributed by atoms with Gasteiger partial charge in [0.05, 0.1) is 12.6 Å². The molecule has 23 heavy (non-hydrogen) atoms. The molecule has 132 valence electrons. The summed E-state index contributed by atoms with van der Waals surface area (Å²) in [5, 5.41) is 70.1. The van der Waals surface area contributed by atoms with E-state index in [1.54, 1.807) is 0 Å². The number of amidine groups is 1. The summed E-state index contributed by atoms with van der Waals surface area (Å²) in [5.74, 6) is 0. The molecule has 1 saturated carbocycles. The Morgan fingerprint density at radius 2 is 1.52 bits per heavy atom. The lowest BCUT2D eigenvalue weighted by Gasteiger charge is -2.38. The Kier molecular flexibility index (Phi) is 4.46. The van der Waals surface area contributed by atoms with Crippen LogP contribution >= 0.6 is 0 Å². The third-order valence-corrected chi connectivity index (χ3v) is 4.41. The molecule has 3 rings (SSSR count). The van der Waals surface area contributed by atoms with Gasteiger partial charge in [0.25, 0.3) is 6.02 Å². The molecule has 1 aliphatic carbocycles. The number of hydrogen-bond acceptors (Lipinski definition) is 10. The quantitative estimate of drug-likeness (QED) is 0.242. The Bertz CT molecular complexity index is 455. The summed E-state index contributed by atoms with van der Waals surface area (Å²) in [6.45, 7) is -0.588. The zero-order valence-corrected chi connectivity index (χ0v) is 11.9. The fourth-order valence-electron chi connectivity index (χ4n) is 3.00. The molecule has 0 amide bonds. The third-order valence-electron chi connectivity index (χ3n) is 4.41. The van der Waals surface area contributed by atoms with E-state index in [0.717, 1.165) is 0 Å². The van der Waals surface area contributed by atoms with Gasteiger partial charge in [-0.15, -0.1) is 0 Å². The van der Waals surface area contributed by atoms with Crippen LogP contribution in [0.4, 0.5) is 0 Å². The van der Waals surface area contributed by atoms with E-state index in [0.29, 0.717) is 0 Å². The number of fused-ring (bicyclic) bond motifs is 1. The smallest absolute Gasteiger partial charge is 0.288 e. The Morgan fingerprint density at radius 3 is 2.13 bits per heavy atom. The van der Waals surface area contributed by atoms with Crippen molar-refractivity contribution in [3.05, 3.63) is 0 Å². The first kappa shape index (κ1) is 16.8. The van der Waals surface area contributed by atoms with Gasteiger partial charge in [-0.1, -0.05) is 0 Å². The molecule has 0 aromatic rings. The minimum atomic E-state index is -1.57. The number of ether oxygens (including phenoxy) is 2. The first-order chi connectivity index (χ1) is 10.8. The van der Waals surface area contributed by atoms with Gasteiger partial charge in [-0.3, -0.25) is 0 Å². The van der Waals surface area contributed by atoms with Crippen LogP contribution in [0.1, 0.15) is 0 Å². The molecular weight excluding hydrogens is 316 g/mol. The van der Waals surface area contributed by atoms with E-state index in [9.17, 15) is 30.6 Å². The molecule has 0 radical (unpaired) electrons. The number of nitrogens with zero attached hydrogens (tertiary/aromatic N) is 1. The maximum Gasteiger partial charge on any atom is 0.288 e. The monoisotopic (exact) mass is 336 g/mol. The average Bonchev–Trinajstić information content (AvgIpc) is 3.03. The van der Waals surface area contributed by atoms with Crippen LogP contribution in [0.15, 0.2) is 4.99 Å². The summed E-state index contributed by atoms with van der Waals surface area (Å²) in [4.78, 5) is 3.90. The Morgan fingerprint density at radius 1 is 0.870 bits per heavy atom. The summed E-state index contributed by atoms with van der Waals surface area (Å²) in [7, 11) is 0. The van der Waals surface area contributed by atoms with Gasteiger partial charge in [-0.05, 0) is 0 Å². The summed E-state index contributed by atoms with van der Waals surface area (Å²) in [6, 6.07) is -0.946. The minimum absolute atomic E-state index is 0.158. The van der Waals surface area contributed by atoms with E-state index >= 15 is 0 Å². The molecule has 10 atom stereocenters. The van der Waals surface area contributed by atoms with Crippen LogP contribution < -0.4 is 5.32 Å². The van der Waals surface area contributed by atoms with Gasteiger partial charge in [-0.2, -0.15) is 0 Å². The van der Waals surface area contributed by atoms with Gasteiger partial charge in [-0.25, -0.2) is 4.99 Å². The maximum atomic E-state index is 9.88. The molecule has 2 aliphatic heterocycles. The van der Waals surface area contributed by atoms with Crippen molar-refractivity contribution >= 4 is 6.02 Å². The normalized spacial score (nSPS) is 54.7. The Balaban J connectivity index is 1.73. The highest BCUT2D eigenvalue weighted by molar-refractivity contribution is 5.77. The molecule has 3 aliphatic rings. The Hall–Kier alpha value is -1.05. The number of hydrogen-bond donors (Lipinski definition) is 8. The van der Waals surface area contributed by atoms with Crippen molar-refractivity contribution < 1.29 is 45.2 Å². The van der Waals surface area contributed by atoms with Crippen molar-refractivity contribution in [1.29, 1.82) is 0 Å². The molecule has 0 spiro atoms. The first-order valence-corrected chi connectivity index (χ1v) is 7.21. The average molecular weight is 336 g/mol. The second kappa shape index (κ2) is 6.11. The lowest BCUT2D eigenvalue weighted by atomic mass is 9.99. The van der Waals surface area contributed by atoms with E-state index in [1.165, 1.54) is 0 Å². The third kappa shape index (κ3) is 2.68. The van der Waals surface area contributed by atoms with Crippen LogP contribution in [0.25, 0.3) is 0 Å². The lowest BCUT2D eigenvalue weighted by Crippen LogP contribution is -2.58. The van der Waals surface area contributed by atoms with Gasteiger partial charge in [0.1, 0.15) is 42.7 Å². The molecule has 8 N–H and O–H groups in total. The maximum absolute atomic E-state index is 9.88. The first-order valence-electron chi connectivity index (χ1n) is 7.21. The van der Waals surface area contributed by atoms with Gasteiger partial charge in [0.15, 0.2) is 12.3 Å². The highest BCUT2D eigenvalue weighted by atomic mass is 16.6. The van der Waals surface area contributed by atoms with E-state index < -0.39 is 67.7 Å². The van der Waals surface area contributed by atoms with Crippen molar-refractivity contribution in [2.75, 3.05) is 6.61 Å². The number of aliphatic hydroxyl groups excluding tert-OH is 7. The summed E-state index contributed by atoms with van der Waals surface area (Å²) in [6.07, 6.45) is -11.9. The van der Waals surface area contributed by atoms with Crippen LogP contribution in [-0.2, 0) is 9.47 Å². The zero-order valence-electron chi connectivity index (χ0n) is 11.9. The van der Waals surface area contributed by atoms with Crippen molar-refractivity contribution in [3.63, 3.8) is 0 Å². The molecule has 11 heteroatoms. The number of aliphatic imine (C=N–C) groups is 1. The highest BCUT2D eigenvalue weighted by Gasteiger charge is 2.55. The fraction of sp³-hybridized carbons (Fsp3) is 0.917. The lowest BCUT2D eigenvalue weighted by molar-refractivity contribution is -0.227. The van der Waals surface area contributed by atoms with Crippen LogP contribution in [0, 0.1) is 0 Å². The Labute approximate surface area is 130 Å². The molecule has 2 heterocycles. The number of nitrogens with one attached hydrogen (secondary N) is 1. The molecule has 2 saturated heterocycles. The molecule has 0 aromatic carbocycles. The van der Waals surface area contributed by atoms with Gasteiger partial charge >= 0.3 is 0 Å².